The average molecular weight is 251 g/mol. The average Bonchev–Trinajstić information content (AvgIpc) is 2.12. The molecule has 0 aromatic heterocycles. The highest BCUT2D eigenvalue weighted by molar-refractivity contribution is 6.33. The molecule has 0 saturated carbocycles. The van der Waals surface area contributed by atoms with Crippen molar-refractivity contribution < 1.29 is 27.1 Å². The molecule has 0 bridgehead atoms. The summed E-state index contributed by atoms with van der Waals surface area (Å²) in [4.78, 5) is 8.99. The zero-order valence-electron chi connectivity index (χ0n) is 8.03. The van der Waals surface area contributed by atoms with Crippen LogP contribution >= 0.6 is 11.6 Å². The van der Waals surface area contributed by atoms with Crippen LogP contribution in [0.1, 0.15) is 13.3 Å². The zero-order valence-corrected chi connectivity index (χ0v) is 8.79. The number of carbonyl (C=O) groups excluding carboxylic acids is 1. The van der Waals surface area contributed by atoms with E-state index in [1.165, 1.54) is 0 Å². The van der Waals surface area contributed by atoms with Gasteiger partial charge in [-0.15, -0.1) is 11.6 Å². The van der Waals surface area contributed by atoms with E-state index < -0.39 is 43.1 Å². The fourth-order valence-electron chi connectivity index (χ4n) is 0.887. The van der Waals surface area contributed by atoms with Crippen LogP contribution < -0.4 is 0 Å². The van der Waals surface area contributed by atoms with E-state index in [9.17, 15) is 22.4 Å². The van der Waals surface area contributed by atoms with E-state index in [0.717, 1.165) is 6.92 Å². The molecule has 1 atom stereocenters. The topological polar surface area (TPSA) is 26.3 Å². The normalized spacial score (nSPS) is 15.9. The van der Waals surface area contributed by atoms with Gasteiger partial charge in [0, 0.05) is 6.42 Å². The standard InChI is InChI=1S/C8H11ClF4O2/c1-7(9,4-8(12,13)5-11)6(14)15-3-2-10/h2-5H2,1H3. The van der Waals surface area contributed by atoms with Gasteiger partial charge in [-0.1, -0.05) is 0 Å². The molecular formula is C8H11ClF4O2. The first-order valence-corrected chi connectivity index (χ1v) is 4.49. The van der Waals surface area contributed by atoms with E-state index in [0.29, 0.717) is 0 Å². The summed E-state index contributed by atoms with van der Waals surface area (Å²) in [5.41, 5.74) is 0. The summed E-state index contributed by atoms with van der Waals surface area (Å²) in [5, 5.41) is 0. The summed E-state index contributed by atoms with van der Waals surface area (Å²) in [7, 11) is 0. The van der Waals surface area contributed by atoms with Gasteiger partial charge in [-0.2, -0.15) is 0 Å². The van der Waals surface area contributed by atoms with E-state index in [-0.39, 0.29) is 0 Å². The van der Waals surface area contributed by atoms with Crippen LogP contribution in [0.3, 0.4) is 0 Å². The van der Waals surface area contributed by atoms with Crippen molar-refractivity contribution in [3.8, 4) is 0 Å². The summed E-state index contributed by atoms with van der Waals surface area (Å²) >= 11 is 5.44. The Bertz CT molecular complexity index is 221. The predicted octanol–water partition coefficient (Wildman–Crippen LogP) is 2.49. The van der Waals surface area contributed by atoms with Crippen molar-refractivity contribution in [2.45, 2.75) is 24.1 Å². The quantitative estimate of drug-likeness (QED) is 0.411. The third-order valence-corrected chi connectivity index (χ3v) is 1.81. The maximum absolute atomic E-state index is 12.6. The van der Waals surface area contributed by atoms with E-state index >= 15 is 0 Å². The van der Waals surface area contributed by atoms with Crippen LogP contribution in [0, 0.1) is 0 Å². The van der Waals surface area contributed by atoms with Crippen LogP contribution in [0.5, 0.6) is 0 Å². The van der Waals surface area contributed by atoms with E-state index in [4.69, 9.17) is 11.6 Å². The molecule has 0 spiro atoms. The van der Waals surface area contributed by atoms with Crippen molar-refractivity contribution in [1.82, 2.24) is 0 Å². The molecular weight excluding hydrogens is 240 g/mol. The number of hydrogen-bond acceptors (Lipinski definition) is 2. The van der Waals surface area contributed by atoms with Crippen molar-refractivity contribution >= 4 is 17.6 Å². The number of ether oxygens (including phenoxy) is 1. The van der Waals surface area contributed by atoms with Gasteiger partial charge in [0.05, 0.1) is 0 Å². The minimum Gasteiger partial charge on any atom is -0.462 e. The highest BCUT2D eigenvalue weighted by Gasteiger charge is 2.44. The summed E-state index contributed by atoms with van der Waals surface area (Å²) in [6.07, 6.45) is -1.19. The van der Waals surface area contributed by atoms with Gasteiger partial charge in [0.25, 0.3) is 5.92 Å². The maximum Gasteiger partial charge on any atom is 0.327 e. The van der Waals surface area contributed by atoms with Crippen LogP contribution in [0.2, 0.25) is 0 Å². The second-order valence-corrected chi connectivity index (χ2v) is 4.02. The Morgan fingerprint density at radius 1 is 1.40 bits per heavy atom. The lowest BCUT2D eigenvalue weighted by atomic mass is 10.0. The Labute approximate surface area is 89.5 Å². The smallest absolute Gasteiger partial charge is 0.327 e. The molecule has 0 fully saturated rings. The lowest BCUT2D eigenvalue weighted by molar-refractivity contribution is -0.150. The molecule has 0 heterocycles. The summed E-state index contributed by atoms with van der Waals surface area (Å²) in [6.45, 7) is -2.43. The number of rotatable bonds is 6. The number of alkyl halides is 5. The molecule has 0 aliphatic rings. The Kier molecular flexibility index (Phi) is 5.34. The second kappa shape index (κ2) is 5.53. The summed E-state index contributed by atoms with van der Waals surface area (Å²) in [6, 6.07) is 0. The molecule has 0 aromatic carbocycles. The van der Waals surface area contributed by atoms with Gasteiger partial charge in [0.15, 0.2) is 6.67 Å². The molecule has 0 aromatic rings. The van der Waals surface area contributed by atoms with Gasteiger partial charge in [0.2, 0.25) is 0 Å². The number of hydrogen-bond donors (Lipinski definition) is 0. The predicted molar refractivity (Wildman–Crippen MR) is 46.7 cm³/mol. The van der Waals surface area contributed by atoms with Gasteiger partial charge < -0.3 is 4.74 Å². The number of esters is 1. The highest BCUT2D eigenvalue weighted by atomic mass is 35.5. The first-order valence-electron chi connectivity index (χ1n) is 4.11. The minimum atomic E-state index is -3.69. The Balaban J connectivity index is 4.34. The first-order chi connectivity index (χ1) is 6.75. The fraction of sp³-hybridized carbons (Fsp3) is 0.875. The Hall–Kier alpha value is -0.520. The van der Waals surface area contributed by atoms with Crippen molar-refractivity contribution in [3.63, 3.8) is 0 Å². The third kappa shape index (κ3) is 5.20. The molecule has 1 unspecified atom stereocenters. The van der Waals surface area contributed by atoms with Gasteiger partial charge in [-0.05, 0) is 6.92 Å². The summed E-state index contributed by atoms with van der Waals surface area (Å²) < 4.78 is 52.8. The van der Waals surface area contributed by atoms with Crippen molar-refractivity contribution in [2.24, 2.45) is 0 Å². The third-order valence-electron chi connectivity index (χ3n) is 1.52. The maximum atomic E-state index is 12.6. The first kappa shape index (κ1) is 14.5. The molecule has 0 saturated heterocycles. The molecule has 0 aliphatic carbocycles. The number of halogens is 5. The molecule has 0 amide bonds. The van der Waals surface area contributed by atoms with E-state index in [1.807, 2.05) is 0 Å². The molecule has 0 radical (unpaired) electrons. The molecule has 0 N–H and O–H groups in total. The SMILES string of the molecule is CC(Cl)(CC(F)(F)CF)C(=O)OCCF. The number of carbonyl (C=O) groups is 1. The molecule has 15 heavy (non-hydrogen) atoms. The molecule has 0 aliphatic heterocycles. The molecule has 0 rings (SSSR count). The van der Waals surface area contributed by atoms with Gasteiger partial charge in [0.1, 0.15) is 18.2 Å². The lowest BCUT2D eigenvalue weighted by Gasteiger charge is -2.23. The monoisotopic (exact) mass is 250 g/mol. The lowest BCUT2D eigenvalue weighted by Crippen LogP contribution is -2.39. The Morgan fingerprint density at radius 3 is 2.33 bits per heavy atom. The van der Waals surface area contributed by atoms with Crippen LogP contribution in [0.15, 0.2) is 0 Å². The Morgan fingerprint density at radius 2 is 1.93 bits per heavy atom. The molecule has 2 nitrogen and oxygen atoms in total. The van der Waals surface area contributed by atoms with Crippen molar-refractivity contribution in [2.75, 3.05) is 20.0 Å². The zero-order chi connectivity index (χ0) is 12.1. The van der Waals surface area contributed by atoms with Crippen molar-refractivity contribution in [3.05, 3.63) is 0 Å². The van der Waals surface area contributed by atoms with Gasteiger partial charge in [-0.25, -0.2) is 17.6 Å². The van der Waals surface area contributed by atoms with Crippen LogP contribution in [0.25, 0.3) is 0 Å². The largest absolute Gasteiger partial charge is 0.462 e. The van der Waals surface area contributed by atoms with Gasteiger partial charge >= 0.3 is 5.97 Å². The molecule has 90 valence electrons. The molecule has 7 heteroatoms. The summed E-state index contributed by atoms with van der Waals surface area (Å²) in [5.74, 6) is -4.87. The van der Waals surface area contributed by atoms with Gasteiger partial charge in [-0.3, -0.25) is 4.79 Å². The van der Waals surface area contributed by atoms with E-state index in [2.05, 4.69) is 4.74 Å². The van der Waals surface area contributed by atoms with Crippen LogP contribution in [-0.4, -0.2) is 36.7 Å². The van der Waals surface area contributed by atoms with Crippen molar-refractivity contribution in [1.29, 1.82) is 0 Å². The minimum absolute atomic E-state index is 0.553. The highest BCUT2D eigenvalue weighted by Crippen LogP contribution is 2.32. The van der Waals surface area contributed by atoms with E-state index in [1.54, 1.807) is 0 Å². The van der Waals surface area contributed by atoms with Crippen LogP contribution in [0.4, 0.5) is 17.6 Å². The fourth-order valence-corrected chi connectivity index (χ4v) is 1.14. The van der Waals surface area contributed by atoms with Crippen LogP contribution in [-0.2, 0) is 9.53 Å². The second-order valence-electron chi connectivity index (χ2n) is 3.19.